The first-order valence-corrected chi connectivity index (χ1v) is 6.71. The first-order valence-electron chi connectivity index (χ1n) is 6.71. The summed E-state index contributed by atoms with van der Waals surface area (Å²) in [6.07, 6.45) is 2.47. The summed E-state index contributed by atoms with van der Waals surface area (Å²) in [5, 5.41) is 14.0. The maximum absolute atomic E-state index is 10.8. The van der Waals surface area contributed by atoms with Gasteiger partial charge in [0, 0.05) is 12.6 Å². The van der Waals surface area contributed by atoms with Crippen LogP contribution in [0.1, 0.15) is 19.8 Å². The van der Waals surface area contributed by atoms with Gasteiger partial charge in [0.25, 0.3) is 5.69 Å². The summed E-state index contributed by atoms with van der Waals surface area (Å²) in [4.78, 5) is 16.9. The Morgan fingerprint density at radius 1 is 1.45 bits per heavy atom. The van der Waals surface area contributed by atoms with Crippen molar-refractivity contribution in [3.63, 3.8) is 0 Å². The molecule has 2 rings (SSSR count). The van der Waals surface area contributed by atoms with Gasteiger partial charge in [-0.1, -0.05) is 0 Å². The monoisotopic (exact) mass is 280 g/mol. The van der Waals surface area contributed by atoms with Crippen molar-refractivity contribution in [2.24, 2.45) is 5.84 Å². The second-order valence-corrected chi connectivity index (χ2v) is 4.97. The molecule has 110 valence electrons. The lowest BCUT2D eigenvalue weighted by Crippen LogP contribution is -2.35. The van der Waals surface area contributed by atoms with Crippen molar-refractivity contribution in [3.05, 3.63) is 22.2 Å². The van der Waals surface area contributed by atoms with E-state index in [2.05, 4.69) is 27.6 Å². The Labute approximate surface area is 117 Å². The highest BCUT2D eigenvalue weighted by Gasteiger charge is 2.18. The Morgan fingerprint density at radius 3 is 2.70 bits per heavy atom. The van der Waals surface area contributed by atoms with Gasteiger partial charge in [-0.05, 0) is 32.9 Å². The van der Waals surface area contributed by atoms with Crippen molar-refractivity contribution in [3.8, 4) is 0 Å². The lowest BCUT2D eigenvalue weighted by molar-refractivity contribution is -0.384. The average Bonchev–Trinajstić information content (AvgIpc) is 2.98. The number of hydrogen-bond acceptors (Lipinski definition) is 7. The van der Waals surface area contributed by atoms with Crippen LogP contribution >= 0.6 is 0 Å². The maximum Gasteiger partial charge on any atom is 0.276 e. The molecule has 1 unspecified atom stereocenters. The third-order valence-electron chi connectivity index (χ3n) is 3.51. The van der Waals surface area contributed by atoms with Gasteiger partial charge in [0.1, 0.15) is 11.6 Å². The number of likely N-dealkylation sites (tertiary alicyclic amines) is 1. The predicted molar refractivity (Wildman–Crippen MR) is 77.5 cm³/mol. The smallest absolute Gasteiger partial charge is 0.276 e. The van der Waals surface area contributed by atoms with Gasteiger partial charge in [-0.25, -0.2) is 10.8 Å². The van der Waals surface area contributed by atoms with Gasteiger partial charge in [-0.3, -0.25) is 15.0 Å². The van der Waals surface area contributed by atoms with E-state index in [0.29, 0.717) is 18.4 Å². The highest BCUT2D eigenvalue weighted by molar-refractivity contribution is 5.54. The standard InChI is InChI=1S/C12H20N6O2/c1-9(17-4-2-3-5-17)8-14-11-6-10(18(19)20)7-12(15-11)16-13/h6-7,9H,2-5,8,13H2,1H3,(H2,14,15,16). The molecule has 8 nitrogen and oxygen atoms in total. The minimum absolute atomic E-state index is 0.0377. The number of nitrogens with two attached hydrogens (primary N) is 1. The van der Waals surface area contributed by atoms with Crippen molar-refractivity contribution in [1.29, 1.82) is 0 Å². The Morgan fingerprint density at radius 2 is 2.10 bits per heavy atom. The fourth-order valence-electron chi connectivity index (χ4n) is 2.35. The molecule has 1 aliphatic heterocycles. The summed E-state index contributed by atoms with van der Waals surface area (Å²) in [6, 6.07) is 3.08. The number of hydrogen-bond donors (Lipinski definition) is 3. The predicted octanol–water partition coefficient (Wildman–Crippen LogP) is 1.17. The second kappa shape index (κ2) is 6.49. The minimum Gasteiger partial charge on any atom is -0.368 e. The molecular formula is C12H20N6O2. The van der Waals surface area contributed by atoms with Crippen molar-refractivity contribution in [2.75, 3.05) is 30.4 Å². The third-order valence-corrected chi connectivity index (χ3v) is 3.51. The number of pyridine rings is 1. The van der Waals surface area contributed by atoms with Gasteiger partial charge in [0.15, 0.2) is 0 Å². The summed E-state index contributed by atoms with van der Waals surface area (Å²) in [6.45, 7) is 5.05. The lowest BCUT2D eigenvalue weighted by atomic mass is 10.3. The summed E-state index contributed by atoms with van der Waals surface area (Å²) in [5.74, 6) is 6.00. The van der Waals surface area contributed by atoms with E-state index in [1.165, 1.54) is 25.0 Å². The van der Waals surface area contributed by atoms with E-state index in [1.807, 2.05) is 0 Å². The van der Waals surface area contributed by atoms with E-state index in [1.54, 1.807) is 0 Å². The molecule has 4 N–H and O–H groups in total. The van der Waals surface area contributed by atoms with Gasteiger partial charge >= 0.3 is 0 Å². The van der Waals surface area contributed by atoms with Crippen LogP contribution in [-0.2, 0) is 0 Å². The van der Waals surface area contributed by atoms with Crippen molar-refractivity contribution in [2.45, 2.75) is 25.8 Å². The van der Waals surface area contributed by atoms with Crippen LogP contribution < -0.4 is 16.6 Å². The van der Waals surface area contributed by atoms with Crippen molar-refractivity contribution >= 4 is 17.3 Å². The number of nitrogens with one attached hydrogen (secondary N) is 2. The number of aromatic nitrogens is 1. The van der Waals surface area contributed by atoms with E-state index >= 15 is 0 Å². The van der Waals surface area contributed by atoms with Crippen LogP contribution in [0, 0.1) is 10.1 Å². The van der Waals surface area contributed by atoms with Gasteiger partial charge in [-0.15, -0.1) is 0 Å². The zero-order valence-corrected chi connectivity index (χ0v) is 11.5. The molecule has 0 saturated carbocycles. The van der Waals surface area contributed by atoms with E-state index < -0.39 is 4.92 Å². The Kier molecular flexibility index (Phi) is 4.70. The van der Waals surface area contributed by atoms with E-state index in [4.69, 9.17) is 5.84 Å². The van der Waals surface area contributed by atoms with Crippen LogP contribution in [0.5, 0.6) is 0 Å². The molecule has 1 aromatic heterocycles. The molecule has 1 atom stereocenters. The molecule has 0 aromatic carbocycles. The molecule has 8 heteroatoms. The minimum atomic E-state index is -0.461. The van der Waals surface area contributed by atoms with Crippen LogP contribution in [-0.4, -0.2) is 40.5 Å². The first-order chi connectivity index (χ1) is 9.60. The molecule has 0 amide bonds. The zero-order valence-electron chi connectivity index (χ0n) is 11.5. The Bertz CT molecular complexity index is 475. The number of nitro groups is 1. The highest BCUT2D eigenvalue weighted by atomic mass is 16.6. The van der Waals surface area contributed by atoms with Crippen LogP contribution in [0.25, 0.3) is 0 Å². The quantitative estimate of drug-likeness (QED) is 0.407. The molecule has 20 heavy (non-hydrogen) atoms. The number of nitrogens with zero attached hydrogens (tertiary/aromatic N) is 3. The van der Waals surface area contributed by atoms with Crippen LogP contribution in [0.3, 0.4) is 0 Å². The van der Waals surface area contributed by atoms with Crippen LogP contribution in [0.15, 0.2) is 12.1 Å². The fraction of sp³-hybridized carbons (Fsp3) is 0.583. The second-order valence-electron chi connectivity index (χ2n) is 4.97. The maximum atomic E-state index is 10.8. The first kappa shape index (κ1) is 14.5. The molecule has 0 spiro atoms. The van der Waals surface area contributed by atoms with Gasteiger partial charge in [0.2, 0.25) is 0 Å². The summed E-state index contributed by atoms with van der Waals surface area (Å²) >= 11 is 0. The summed E-state index contributed by atoms with van der Waals surface area (Å²) in [5.41, 5.74) is 2.30. The molecule has 1 aromatic rings. The van der Waals surface area contributed by atoms with Gasteiger partial charge in [-0.2, -0.15) is 0 Å². The van der Waals surface area contributed by atoms with Crippen LogP contribution in [0.2, 0.25) is 0 Å². The molecule has 2 heterocycles. The third kappa shape index (κ3) is 3.55. The Balaban J connectivity index is 2.00. The van der Waals surface area contributed by atoms with Crippen molar-refractivity contribution in [1.82, 2.24) is 9.88 Å². The topological polar surface area (TPSA) is 109 Å². The molecular weight excluding hydrogens is 260 g/mol. The fourth-order valence-corrected chi connectivity index (χ4v) is 2.35. The van der Waals surface area contributed by atoms with E-state index in [9.17, 15) is 10.1 Å². The normalized spacial score (nSPS) is 16.9. The molecule has 1 fully saturated rings. The van der Waals surface area contributed by atoms with Crippen LogP contribution in [0.4, 0.5) is 17.3 Å². The van der Waals surface area contributed by atoms with Crippen molar-refractivity contribution < 1.29 is 4.92 Å². The van der Waals surface area contributed by atoms with E-state index in [-0.39, 0.29) is 11.5 Å². The molecule has 0 radical (unpaired) electrons. The summed E-state index contributed by atoms with van der Waals surface area (Å²) in [7, 11) is 0. The van der Waals surface area contributed by atoms with E-state index in [0.717, 1.165) is 13.1 Å². The molecule has 0 bridgehead atoms. The highest BCUT2D eigenvalue weighted by Crippen LogP contribution is 2.20. The average molecular weight is 280 g/mol. The Hall–Kier alpha value is -1.93. The van der Waals surface area contributed by atoms with Gasteiger partial charge in [0.05, 0.1) is 17.1 Å². The number of rotatable bonds is 6. The molecule has 1 saturated heterocycles. The summed E-state index contributed by atoms with van der Waals surface area (Å²) < 4.78 is 0. The number of nitrogen functional groups attached to an aromatic ring is 1. The number of anilines is 2. The molecule has 1 aliphatic rings. The SMILES string of the molecule is CC(CNc1cc([N+](=O)[O-])cc(NN)n1)N1CCCC1. The van der Waals surface area contributed by atoms with Gasteiger partial charge < -0.3 is 10.7 Å². The largest absolute Gasteiger partial charge is 0.368 e. The molecule has 0 aliphatic carbocycles. The zero-order chi connectivity index (χ0) is 14.5. The number of hydrazine groups is 1. The lowest BCUT2D eigenvalue weighted by Gasteiger charge is -2.24.